The second kappa shape index (κ2) is 6.62. The highest BCUT2D eigenvalue weighted by Gasteiger charge is 2.06. The van der Waals surface area contributed by atoms with E-state index < -0.39 is 0 Å². The number of hydrogen-bond donors (Lipinski definition) is 2. The third-order valence-electron chi connectivity index (χ3n) is 3.48. The van der Waals surface area contributed by atoms with Crippen LogP contribution in [-0.2, 0) is 6.54 Å². The van der Waals surface area contributed by atoms with Gasteiger partial charge in [0.15, 0.2) is 0 Å². The molecule has 3 aromatic rings. The maximum atomic E-state index is 6.06. The Morgan fingerprint density at radius 3 is 2.91 bits per heavy atom. The number of nitrogens with zero attached hydrogens (tertiary/aromatic N) is 1. The topological polar surface area (TPSA) is 49.9 Å². The summed E-state index contributed by atoms with van der Waals surface area (Å²) in [5.41, 5.74) is 2.18. The average Bonchev–Trinajstić information content (AvgIpc) is 2.96. The zero-order chi connectivity index (χ0) is 15.4. The van der Waals surface area contributed by atoms with E-state index in [2.05, 4.69) is 35.4 Å². The Morgan fingerprint density at radius 1 is 1.18 bits per heavy atom. The van der Waals surface area contributed by atoms with Crippen LogP contribution < -0.4 is 10.1 Å². The lowest BCUT2D eigenvalue weighted by Crippen LogP contribution is -2.19. The van der Waals surface area contributed by atoms with Gasteiger partial charge in [-0.25, -0.2) is 0 Å². The molecule has 0 aliphatic heterocycles. The van der Waals surface area contributed by atoms with Crippen molar-refractivity contribution >= 4 is 10.9 Å². The van der Waals surface area contributed by atoms with Crippen LogP contribution in [0.3, 0.4) is 0 Å². The standard InChI is InChI=1S/C18H21N3O/c1-13(2)10-19-11-14-5-3-4-6-18(14)22-16-7-8-17-15(9-16)12-20-21-17/h3-9,12-13,19H,10-11H2,1-2H3,(H,20,21). The van der Waals surface area contributed by atoms with E-state index in [1.54, 1.807) is 6.20 Å². The zero-order valence-electron chi connectivity index (χ0n) is 13.0. The molecule has 0 radical (unpaired) electrons. The van der Waals surface area contributed by atoms with E-state index in [-0.39, 0.29) is 0 Å². The van der Waals surface area contributed by atoms with Crippen LogP contribution in [0.4, 0.5) is 0 Å². The van der Waals surface area contributed by atoms with Crippen molar-refractivity contribution in [1.82, 2.24) is 15.5 Å². The number of fused-ring (bicyclic) bond motifs is 1. The van der Waals surface area contributed by atoms with Crippen LogP contribution in [0.25, 0.3) is 10.9 Å². The molecule has 0 fully saturated rings. The monoisotopic (exact) mass is 295 g/mol. The molecule has 114 valence electrons. The number of H-pyrrole nitrogens is 1. The quantitative estimate of drug-likeness (QED) is 0.720. The molecule has 0 spiro atoms. The largest absolute Gasteiger partial charge is 0.457 e. The lowest BCUT2D eigenvalue weighted by molar-refractivity contribution is 0.470. The Balaban J connectivity index is 1.76. The van der Waals surface area contributed by atoms with Gasteiger partial charge in [0, 0.05) is 17.5 Å². The number of benzene rings is 2. The van der Waals surface area contributed by atoms with Crippen molar-refractivity contribution in [1.29, 1.82) is 0 Å². The number of ether oxygens (including phenoxy) is 1. The molecule has 2 N–H and O–H groups in total. The minimum Gasteiger partial charge on any atom is -0.457 e. The number of aromatic nitrogens is 2. The fourth-order valence-corrected chi connectivity index (χ4v) is 2.36. The third kappa shape index (κ3) is 3.46. The van der Waals surface area contributed by atoms with Gasteiger partial charge in [0.1, 0.15) is 11.5 Å². The van der Waals surface area contributed by atoms with Gasteiger partial charge >= 0.3 is 0 Å². The van der Waals surface area contributed by atoms with Crippen molar-refractivity contribution in [2.75, 3.05) is 6.54 Å². The van der Waals surface area contributed by atoms with Crippen LogP contribution in [-0.4, -0.2) is 16.7 Å². The summed E-state index contributed by atoms with van der Waals surface area (Å²) in [7, 11) is 0. The van der Waals surface area contributed by atoms with Crippen LogP contribution >= 0.6 is 0 Å². The molecule has 0 unspecified atom stereocenters. The van der Waals surface area contributed by atoms with Gasteiger partial charge in [0.05, 0.1) is 11.7 Å². The van der Waals surface area contributed by atoms with Crippen molar-refractivity contribution in [2.45, 2.75) is 20.4 Å². The first-order chi connectivity index (χ1) is 10.7. The fraction of sp³-hybridized carbons (Fsp3) is 0.278. The average molecular weight is 295 g/mol. The van der Waals surface area contributed by atoms with E-state index in [0.29, 0.717) is 5.92 Å². The molecule has 2 aromatic carbocycles. The Morgan fingerprint density at radius 2 is 2.05 bits per heavy atom. The van der Waals surface area contributed by atoms with Crippen LogP contribution in [0.1, 0.15) is 19.4 Å². The van der Waals surface area contributed by atoms with Crippen LogP contribution in [0.2, 0.25) is 0 Å². The molecule has 4 nitrogen and oxygen atoms in total. The van der Waals surface area contributed by atoms with Gasteiger partial charge in [0.2, 0.25) is 0 Å². The molecular formula is C18H21N3O. The highest BCUT2D eigenvalue weighted by Crippen LogP contribution is 2.27. The van der Waals surface area contributed by atoms with Crippen LogP contribution in [0, 0.1) is 5.92 Å². The molecule has 0 amide bonds. The summed E-state index contributed by atoms with van der Waals surface area (Å²) in [5.74, 6) is 2.35. The van der Waals surface area contributed by atoms with Gasteiger partial charge in [-0.3, -0.25) is 5.10 Å². The maximum Gasteiger partial charge on any atom is 0.131 e. The summed E-state index contributed by atoms with van der Waals surface area (Å²) in [5, 5.41) is 11.5. The molecule has 0 aliphatic rings. The predicted molar refractivity (Wildman–Crippen MR) is 89.2 cm³/mol. The summed E-state index contributed by atoms with van der Waals surface area (Å²) in [4.78, 5) is 0. The maximum absolute atomic E-state index is 6.06. The van der Waals surface area contributed by atoms with Crippen molar-refractivity contribution in [3.05, 3.63) is 54.2 Å². The van der Waals surface area contributed by atoms with E-state index in [4.69, 9.17) is 4.74 Å². The molecule has 0 saturated heterocycles. The fourth-order valence-electron chi connectivity index (χ4n) is 2.36. The highest BCUT2D eigenvalue weighted by atomic mass is 16.5. The molecular weight excluding hydrogens is 274 g/mol. The lowest BCUT2D eigenvalue weighted by atomic mass is 10.1. The summed E-state index contributed by atoms with van der Waals surface area (Å²) in [6.07, 6.45) is 1.80. The molecule has 1 heterocycles. The molecule has 1 aromatic heterocycles. The second-order valence-corrected chi connectivity index (χ2v) is 5.85. The van der Waals surface area contributed by atoms with Crippen LogP contribution in [0.15, 0.2) is 48.7 Å². The summed E-state index contributed by atoms with van der Waals surface area (Å²) >= 11 is 0. The first kappa shape index (κ1) is 14.6. The van der Waals surface area contributed by atoms with Crippen molar-refractivity contribution in [3.8, 4) is 11.5 Å². The van der Waals surface area contributed by atoms with Gasteiger partial charge in [-0.1, -0.05) is 32.0 Å². The molecule has 0 aliphatic carbocycles. The van der Waals surface area contributed by atoms with Crippen LogP contribution in [0.5, 0.6) is 11.5 Å². The Kier molecular flexibility index (Phi) is 4.39. The number of hydrogen-bond acceptors (Lipinski definition) is 3. The molecule has 3 rings (SSSR count). The Labute approximate surface area is 130 Å². The minimum absolute atomic E-state index is 0.636. The second-order valence-electron chi connectivity index (χ2n) is 5.85. The summed E-state index contributed by atoms with van der Waals surface area (Å²) < 4.78 is 6.06. The molecule has 0 saturated carbocycles. The predicted octanol–water partition coefficient (Wildman–Crippen LogP) is 4.10. The summed E-state index contributed by atoms with van der Waals surface area (Å²) in [6, 6.07) is 14.1. The summed E-state index contributed by atoms with van der Waals surface area (Å²) in [6.45, 7) is 6.21. The van der Waals surface area contributed by atoms with Gasteiger partial charge in [-0.2, -0.15) is 5.10 Å². The number of rotatable bonds is 6. The van der Waals surface area contributed by atoms with E-state index in [1.807, 2.05) is 36.4 Å². The van der Waals surface area contributed by atoms with Crippen molar-refractivity contribution in [2.24, 2.45) is 5.92 Å². The molecule has 4 heteroatoms. The van der Waals surface area contributed by atoms with E-state index in [1.165, 1.54) is 0 Å². The molecule has 0 atom stereocenters. The lowest BCUT2D eigenvalue weighted by Gasteiger charge is -2.13. The highest BCUT2D eigenvalue weighted by molar-refractivity contribution is 5.79. The van der Waals surface area contributed by atoms with Gasteiger partial charge < -0.3 is 10.1 Å². The SMILES string of the molecule is CC(C)CNCc1ccccc1Oc1ccc2[nH]ncc2c1. The van der Waals surface area contributed by atoms with Gasteiger partial charge in [-0.15, -0.1) is 0 Å². The Bertz CT molecular complexity index is 749. The van der Waals surface area contributed by atoms with Crippen molar-refractivity contribution < 1.29 is 4.74 Å². The van der Waals surface area contributed by atoms with Crippen molar-refractivity contribution in [3.63, 3.8) is 0 Å². The normalized spacial score (nSPS) is 11.2. The van der Waals surface area contributed by atoms with Gasteiger partial charge in [0.25, 0.3) is 0 Å². The first-order valence-corrected chi connectivity index (χ1v) is 7.62. The third-order valence-corrected chi connectivity index (χ3v) is 3.48. The van der Waals surface area contributed by atoms with E-state index >= 15 is 0 Å². The van der Waals surface area contributed by atoms with Gasteiger partial charge in [-0.05, 0) is 36.7 Å². The number of nitrogens with one attached hydrogen (secondary N) is 2. The molecule has 22 heavy (non-hydrogen) atoms. The minimum atomic E-state index is 0.636. The van der Waals surface area contributed by atoms with E-state index in [9.17, 15) is 0 Å². The number of aromatic amines is 1. The molecule has 0 bridgehead atoms. The first-order valence-electron chi connectivity index (χ1n) is 7.62. The van der Waals surface area contributed by atoms with E-state index in [0.717, 1.165) is 41.1 Å². The number of para-hydroxylation sites is 1. The smallest absolute Gasteiger partial charge is 0.131 e. The Hall–Kier alpha value is -2.33. The zero-order valence-corrected chi connectivity index (χ0v) is 13.0.